The summed E-state index contributed by atoms with van der Waals surface area (Å²) in [6.07, 6.45) is 2.72. The Labute approximate surface area is 202 Å². The number of phenols is 1. The second kappa shape index (κ2) is 9.67. The smallest absolute Gasteiger partial charge is 0.255 e. The molecule has 0 fully saturated rings. The summed E-state index contributed by atoms with van der Waals surface area (Å²) >= 11 is 0. The maximum Gasteiger partial charge on any atom is 0.255 e. The first-order chi connectivity index (χ1) is 17.0. The van der Waals surface area contributed by atoms with Crippen LogP contribution in [0.2, 0.25) is 0 Å². The molecule has 1 aromatic heterocycles. The number of fused-ring (bicyclic) bond motifs is 1. The number of alkyl halides is 1. The zero-order valence-electron chi connectivity index (χ0n) is 18.3. The number of nitrogens with zero attached hydrogens (tertiary/aromatic N) is 2. The molecule has 0 aliphatic heterocycles. The molecule has 0 spiro atoms. The number of amides is 1. The van der Waals surface area contributed by atoms with Crippen molar-refractivity contribution in [3.8, 4) is 16.9 Å². The number of rotatable bonds is 6. The summed E-state index contributed by atoms with van der Waals surface area (Å²) in [5.74, 6) is -0.446. The number of allylic oxidation sites excluding steroid dienone is 1. The third kappa shape index (κ3) is 5.07. The van der Waals surface area contributed by atoms with E-state index in [-0.39, 0.29) is 22.6 Å². The van der Waals surface area contributed by atoms with Gasteiger partial charge in [0.25, 0.3) is 5.91 Å². The maximum absolute atomic E-state index is 13.3. The Morgan fingerprint density at radius 1 is 0.971 bits per heavy atom. The van der Waals surface area contributed by atoms with E-state index in [2.05, 4.69) is 20.4 Å². The lowest BCUT2D eigenvalue weighted by Crippen LogP contribution is -2.23. The molecule has 3 unspecified atom stereocenters. The summed E-state index contributed by atoms with van der Waals surface area (Å²) in [5, 5.41) is 20.2. The Bertz CT molecular complexity index is 1440. The average Bonchev–Trinajstić information content (AvgIpc) is 3.34. The zero-order chi connectivity index (χ0) is 24.4. The number of aromatic hydroxyl groups is 1. The van der Waals surface area contributed by atoms with Gasteiger partial charge in [0.05, 0.1) is 10.9 Å². The molecule has 1 aliphatic rings. The fraction of sp³-hybridized carbons (Fsp3) is 0.160. The van der Waals surface area contributed by atoms with E-state index < -0.39 is 17.2 Å². The fourth-order valence-electron chi connectivity index (χ4n) is 3.80. The van der Waals surface area contributed by atoms with Gasteiger partial charge in [-0.05, 0) is 76.7 Å². The molecule has 3 aromatic carbocycles. The van der Waals surface area contributed by atoms with Crippen molar-refractivity contribution >= 4 is 39.3 Å². The number of halogens is 1. The molecule has 1 amide bonds. The Morgan fingerprint density at radius 2 is 1.74 bits per heavy atom. The summed E-state index contributed by atoms with van der Waals surface area (Å²) in [6, 6.07) is 17.1. The van der Waals surface area contributed by atoms with Crippen LogP contribution >= 0.6 is 0 Å². The van der Waals surface area contributed by atoms with E-state index in [1.54, 1.807) is 24.3 Å². The van der Waals surface area contributed by atoms with Gasteiger partial charge in [0.2, 0.25) is 0 Å². The first kappa shape index (κ1) is 22.7. The molecule has 5 rings (SSSR count). The molecule has 3 atom stereocenters. The Balaban J connectivity index is 1.27. The molecule has 3 N–H and O–H groups in total. The van der Waals surface area contributed by atoms with E-state index in [1.807, 2.05) is 30.3 Å². The van der Waals surface area contributed by atoms with Crippen LogP contribution in [0, 0.1) is 0 Å². The lowest BCUT2D eigenvalue weighted by molar-refractivity contribution is 0.102. The summed E-state index contributed by atoms with van der Waals surface area (Å²) in [4.78, 5) is 12.8. The molecule has 35 heavy (non-hydrogen) atoms. The first-order valence-electron chi connectivity index (χ1n) is 10.9. The van der Waals surface area contributed by atoms with E-state index in [9.17, 15) is 18.5 Å². The zero-order valence-corrected chi connectivity index (χ0v) is 19.2. The molecule has 0 saturated heterocycles. The number of phenolic OH excluding ortho intramolecular Hbond substituents is 1. The van der Waals surface area contributed by atoms with E-state index >= 15 is 0 Å². The van der Waals surface area contributed by atoms with E-state index in [1.165, 1.54) is 18.2 Å². The number of benzene rings is 3. The predicted molar refractivity (Wildman–Crippen MR) is 132 cm³/mol. The van der Waals surface area contributed by atoms with E-state index in [0.29, 0.717) is 35.1 Å². The molecule has 0 radical (unpaired) electrons. The van der Waals surface area contributed by atoms with Crippen LogP contribution in [0.25, 0.3) is 22.2 Å². The molecule has 0 saturated carbocycles. The Kier molecular flexibility index (Phi) is 6.28. The van der Waals surface area contributed by atoms with Gasteiger partial charge in [-0.2, -0.15) is 0 Å². The van der Waals surface area contributed by atoms with Gasteiger partial charge in [0.15, 0.2) is 0 Å². The molecule has 0 bridgehead atoms. The average molecular weight is 493 g/mol. The van der Waals surface area contributed by atoms with Crippen molar-refractivity contribution in [2.75, 3.05) is 10.0 Å². The molecular weight excluding hydrogens is 471 g/mol. The van der Waals surface area contributed by atoms with Crippen LogP contribution in [0.5, 0.6) is 5.75 Å². The van der Waals surface area contributed by atoms with Crippen LogP contribution in [0.4, 0.5) is 15.8 Å². The summed E-state index contributed by atoms with van der Waals surface area (Å²) in [5.41, 5.74) is 4.21. The van der Waals surface area contributed by atoms with Crippen molar-refractivity contribution in [2.24, 2.45) is 0 Å². The Hall–Kier alpha value is -4.05. The third-order valence-corrected chi connectivity index (χ3v) is 7.10. The van der Waals surface area contributed by atoms with Crippen LogP contribution in [0.1, 0.15) is 23.2 Å². The number of hydrogen-bond acceptors (Lipinski definition) is 6. The van der Waals surface area contributed by atoms with Crippen molar-refractivity contribution < 1.29 is 23.1 Å². The van der Waals surface area contributed by atoms with Gasteiger partial charge >= 0.3 is 0 Å². The molecule has 10 heteroatoms. The largest absolute Gasteiger partial charge is 0.506 e. The quantitative estimate of drug-likeness (QED) is 0.199. The number of carbonyl (C=O) groups is 1. The second-order valence-electron chi connectivity index (χ2n) is 8.15. The second-order valence-corrected chi connectivity index (χ2v) is 9.55. The molecular formula is C25H21FN4O4S. The van der Waals surface area contributed by atoms with Gasteiger partial charge in [-0.3, -0.25) is 4.79 Å². The van der Waals surface area contributed by atoms with Crippen molar-refractivity contribution in [3.63, 3.8) is 0 Å². The number of carbonyl (C=O) groups excluding carboxylic acids is 1. The van der Waals surface area contributed by atoms with E-state index in [4.69, 9.17) is 4.63 Å². The predicted octanol–water partition coefficient (Wildman–Crippen LogP) is 4.98. The highest BCUT2D eigenvalue weighted by atomic mass is 32.2. The van der Waals surface area contributed by atoms with Gasteiger partial charge in [-0.1, -0.05) is 30.4 Å². The van der Waals surface area contributed by atoms with Gasteiger partial charge < -0.3 is 15.1 Å². The van der Waals surface area contributed by atoms with Crippen LogP contribution in [0.15, 0.2) is 77.4 Å². The minimum absolute atomic E-state index is 0.108. The number of aromatic nitrogens is 2. The maximum atomic E-state index is 13.3. The lowest BCUT2D eigenvalue weighted by Gasteiger charge is -2.19. The van der Waals surface area contributed by atoms with Crippen molar-refractivity contribution in [2.45, 2.75) is 24.3 Å². The first-order valence-corrected chi connectivity index (χ1v) is 12.1. The monoisotopic (exact) mass is 492 g/mol. The highest BCUT2D eigenvalue weighted by Gasteiger charge is 2.21. The van der Waals surface area contributed by atoms with Crippen LogP contribution in [-0.2, 0) is 11.0 Å². The molecule has 8 nitrogen and oxygen atoms in total. The number of anilines is 2. The standard InChI is InChI=1S/C25H21FN4O4S/c26-18-6-9-20(10-7-18)35(33)30-23-14-19(8-12-24(23)31)27-25(32)16-3-1-15(2-4-16)17-5-11-21-22(13-17)29-34-28-21/h1-6,8-9,11-14,18,20,30-31H,7,10H2,(H,27,32). The summed E-state index contributed by atoms with van der Waals surface area (Å²) in [6.45, 7) is 0. The number of nitrogens with one attached hydrogen (secondary N) is 2. The fourth-order valence-corrected chi connectivity index (χ4v) is 4.91. The number of hydrogen-bond donors (Lipinski definition) is 3. The van der Waals surface area contributed by atoms with Gasteiger partial charge in [0, 0.05) is 11.3 Å². The van der Waals surface area contributed by atoms with Crippen LogP contribution in [0.3, 0.4) is 0 Å². The van der Waals surface area contributed by atoms with Crippen molar-refractivity contribution in [3.05, 3.63) is 78.4 Å². The van der Waals surface area contributed by atoms with Gasteiger partial charge in [-0.25, -0.2) is 13.2 Å². The highest BCUT2D eigenvalue weighted by Crippen LogP contribution is 2.29. The minimum Gasteiger partial charge on any atom is -0.506 e. The summed E-state index contributed by atoms with van der Waals surface area (Å²) in [7, 11) is -1.56. The Morgan fingerprint density at radius 3 is 2.51 bits per heavy atom. The highest BCUT2D eigenvalue weighted by molar-refractivity contribution is 7.87. The van der Waals surface area contributed by atoms with Gasteiger partial charge in [0.1, 0.15) is 33.9 Å². The van der Waals surface area contributed by atoms with Crippen LogP contribution in [-0.4, -0.2) is 37.0 Å². The van der Waals surface area contributed by atoms with Crippen molar-refractivity contribution in [1.82, 2.24) is 10.3 Å². The SMILES string of the molecule is O=C(Nc1ccc(O)c(NS(=O)C2C=CC(F)CC2)c1)c1ccc(-c2ccc3nonc3c2)cc1. The normalized spacial score (nSPS) is 18.3. The third-order valence-electron chi connectivity index (χ3n) is 5.74. The molecule has 1 aliphatic carbocycles. The minimum atomic E-state index is -1.56. The van der Waals surface area contributed by atoms with Crippen molar-refractivity contribution in [1.29, 1.82) is 0 Å². The molecule has 4 aromatic rings. The van der Waals surface area contributed by atoms with E-state index in [0.717, 1.165) is 11.1 Å². The molecule has 178 valence electrons. The topological polar surface area (TPSA) is 117 Å². The lowest BCUT2D eigenvalue weighted by atomic mass is 10.0. The van der Waals surface area contributed by atoms with Crippen LogP contribution < -0.4 is 10.0 Å². The van der Waals surface area contributed by atoms with Gasteiger partial charge in [-0.15, -0.1) is 0 Å². The molecule has 1 heterocycles. The summed E-state index contributed by atoms with van der Waals surface area (Å²) < 4.78 is 33.4.